The molecule has 364 valence electrons. The number of nitrogens with zero attached hydrogens (tertiary/aromatic N) is 1. The molecule has 3 fully saturated rings. The topological polar surface area (TPSA) is 208 Å². The number of piperidine rings is 1. The third-order valence-electron chi connectivity index (χ3n) is 14.2. The van der Waals surface area contributed by atoms with Gasteiger partial charge < -0.3 is 53.7 Å². The average Bonchev–Trinajstić information content (AvgIpc) is 3.26. The summed E-state index contributed by atoms with van der Waals surface area (Å²) in [5.41, 5.74) is 0.269. The van der Waals surface area contributed by atoms with Crippen LogP contribution in [0.5, 0.6) is 0 Å². The number of carbonyl (C=O) groups is 4. The van der Waals surface area contributed by atoms with Crippen LogP contribution in [0.1, 0.15) is 119 Å². The second-order valence-corrected chi connectivity index (χ2v) is 19.3. The second kappa shape index (κ2) is 24.2. The van der Waals surface area contributed by atoms with Gasteiger partial charge in [0.05, 0.1) is 37.1 Å². The first-order valence-electron chi connectivity index (χ1n) is 23.4. The van der Waals surface area contributed by atoms with Crippen molar-refractivity contribution in [2.75, 3.05) is 41.6 Å². The first-order valence-corrected chi connectivity index (χ1v) is 23.4. The molecule has 1 saturated carbocycles. The summed E-state index contributed by atoms with van der Waals surface area (Å²) in [6.45, 7) is 10.9. The summed E-state index contributed by atoms with van der Waals surface area (Å²) in [5, 5.41) is 45.4. The van der Waals surface area contributed by atoms with Gasteiger partial charge in [0.15, 0.2) is 0 Å². The lowest BCUT2D eigenvalue weighted by molar-refractivity contribution is -0.302. The van der Waals surface area contributed by atoms with Crippen molar-refractivity contribution in [3.8, 4) is 0 Å². The van der Waals surface area contributed by atoms with E-state index >= 15 is 0 Å². The molecule has 0 aromatic heterocycles. The van der Waals surface area contributed by atoms with Crippen molar-refractivity contribution in [2.24, 2.45) is 29.6 Å². The number of ketones is 2. The zero-order valence-corrected chi connectivity index (χ0v) is 40.0. The molecule has 0 aromatic rings. The minimum Gasteiger partial charge on any atom is -0.456 e. The van der Waals surface area contributed by atoms with Crippen molar-refractivity contribution in [2.45, 2.75) is 179 Å². The van der Waals surface area contributed by atoms with E-state index in [9.17, 15) is 39.6 Å². The molecule has 1 amide bonds. The van der Waals surface area contributed by atoms with Crippen LogP contribution in [0.15, 0.2) is 35.5 Å². The molecule has 4 N–H and O–H groups in total. The summed E-state index contributed by atoms with van der Waals surface area (Å²) >= 11 is 0. The van der Waals surface area contributed by atoms with E-state index in [2.05, 4.69) is 0 Å². The van der Waals surface area contributed by atoms with Crippen molar-refractivity contribution in [1.29, 1.82) is 0 Å². The molecule has 3 aliphatic heterocycles. The third-order valence-corrected chi connectivity index (χ3v) is 14.2. The molecular weight excluding hydrogens is 827 g/mol. The van der Waals surface area contributed by atoms with Crippen LogP contribution < -0.4 is 0 Å². The molecule has 15 heteroatoms. The lowest BCUT2D eigenvalue weighted by atomic mass is 9.81. The predicted octanol–water partition coefficient (Wildman–Crippen LogP) is 4.80. The number of methoxy groups -OCH3 is 4. The van der Waals surface area contributed by atoms with Crippen LogP contribution in [-0.4, -0.2) is 151 Å². The van der Waals surface area contributed by atoms with Crippen LogP contribution >= 0.6 is 0 Å². The van der Waals surface area contributed by atoms with Crippen molar-refractivity contribution in [3.05, 3.63) is 35.5 Å². The summed E-state index contributed by atoms with van der Waals surface area (Å²) in [5.74, 6) is -8.19. The molecule has 2 saturated heterocycles. The Morgan fingerprint density at radius 1 is 0.938 bits per heavy atom. The number of aliphatic hydroxyl groups excluding tert-OH is 2. The van der Waals surface area contributed by atoms with Crippen molar-refractivity contribution in [3.63, 3.8) is 0 Å². The third kappa shape index (κ3) is 13.6. The summed E-state index contributed by atoms with van der Waals surface area (Å²) in [6.07, 6.45) is 6.58. The summed E-state index contributed by atoms with van der Waals surface area (Å²) < 4.78 is 35.2. The molecule has 1 aliphatic carbocycles. The maximum atomic E-state index is 14.5. The molecular formula is C49H79NO14. The van der Waals surface area contributed by atoms with Crippen LogP contribution in [-0.2, 0) is 47.6 Å². The number of fused-ring (bicyclic) bond motifs is 3. The highest BCUT2D eigenvalue weighted by Gasteiger charge is 2.56. The fourth-order valence-corrected chi connectivity index (χ4v) is 10.2. The van der Waals surface area contributed by atoms with E-state index in [1.807, 2.05) is 26.0 Å². The normalized spacial score (nSPS) is 39.0. The maximum absolute atomic E-state index is 14.5. The number of aliphatic hydroxyl groups is 4. The highest BCUT2D eigenvalue weighted by atomic mass is 16.7. The number of ether oxygens (including phenoxy) is 6. The van der Waals surface area contributed by atoms with Gasteiger partial charge in [-0.15, -0.1) is 0 Å². The lowest BCUT2D eigenvalue weighted by Gasteiger charge is -2.47. The van der Waals surface area contributed by atoms with Gasteiger partial charge in [-0.3, -0.25) is 14.4 Å². The molecule has 3 heterocycles. The van der Waals surface area contributed by atoms with Crippen LogP contribution in [0.4, 0.5) is 0 Å². The number of cyclic esters (lactones) is 1. The smallest absolute Gasteiger partial charge is 0.329 e. The van der Waals surface area contributed by atoms with Gasteiger partial charge in [-0.25, -0.2) is 4.79 Å². The fourth-order valence-electron chi connectivity index (χ4n) is 10.2. The number of allylic oxidation sites excluding steroid dienone is 4. The van der Waals surface area contributed by atoms with E-state index in [0.29, 0.717) is 56.9 Å². The Morgan fingerprint density at radius 3 is 2.25 bits per heavy atom. The van der Waals surface area contributed by atoms with E-state index in [0.717, 1.165) is 5.57 Å². The molecule has 1 unspecified atom stereocenters. The van der Waals surface area contributed by atoms with E-state index in [-0.39, 0.29) is 62.6 Å². The van der Waals surface area contributed by atoms with Gasteiger partial charge in [0, 0.05) is 59.2 Å². The molecule has 15 atom stereocenters. The first kappa shape index (κ1) is 53.8. The molecule has 0 spiro atoms. The van der Waals surface area contributed by atoms with Gasteiger partial charge in [-0.05, 0) is 102 Å². The van der Waals surface area contributed by atoms with Gasteiger partial charge in [0.2, 0.25) is 5.79 Å². The van der Waals surface area contributed by atoms with Gasteiger partial charge in [-0.2, -0.15) is 0 Å². The summed E-state index contributed by atoms with van der Waals surface area (Å²) in [7, 11) is 6.10. The van der Waals surface area contributed by atoms with E-state index in [1.54, 1.807) is 47.0 Å². The Bertz CT molecular complexity index is 1660. The van der Waals surface area contributed by atoms with Crippen LogP contribution in [0.2, 0.25) is 0 Å². The SMILES string of the molecule is CC[C@H]1C/C(C)=C/[C@@H](C/C=C/C(C)(O)COC)C(=O)C[C@H](O)[C@@H](C)[C@@H](/C(C)=C/[C@@H]2CC[C@@H](O)[C@H](OC)C2)OC(=O)[C@@H]2CCCCN2C(=O)C(=O)[C@]2(O)O[C@H]([C@@H](OC)C1)[C@@H](OC)C[C@H]2C. The van der Waals surface area contributed by atoms with E-state index in [1.165, 1.54) is 26.2 Å². The van der Waals surface area contributed by atoms with E-state index in [4.69, 9.17) is 28.4 Å². The standard InChI is InChI=1S/C49H79NO14/c1-11-33-21-29(2)22-35(15-14-19-48(6,57)28-59-7)39(53)27-38(52)32(5)43(30(3)23-34-17-18-37(51)40(26-34)60-8)63-47(56)36-16-12-13-20-50(36)46(55)45(54)49(58)31(4)24-41(61-9)44(64-49)42(25-33)62-10/h14,19,22-23,31-38,40-44,51-52,57-58H,11-13,15-18,20-21,24-28H2,1-10H3/b19-14+,29-22+,30-23+/t31-,32-,33+,34+,35-,36+,37-,38+,40-,41+,42+,43-,44+,48?,49-/m1/s1. The Hall–Kier alpha value is -2.86. The molecule has 4 rings (SSSR count). The van der Waals surface area contributed by atoms with E-state index < -0.39 is 89.5 Å². The molecule has 4 aliphatic rings. The monoisotopic (exact) mass is 906 g/mol. The van der Waals surface area contributed by atoms with Crippen LogP contribution in [0, 0.1) is 29.6 Å². The first-order chi connectivity index (χ1) is 30.2. The maximum Gasteiger partial charge on any atom is 0.329 e. The number of Topliss-reactive ketones (excluding diaryl/α,β-unsaturated/α-hetero) is 2. The number of carbonyl (C=O) groups excluding carboxylic acids is 4. The number of hydrogen-bond acceptors (Lipinski definition) is 14. The number of amides is 1. The minimum absolute atomic E-state index is 0.0000743. The largest absolute Gasteiger partial charge is 0.456 e. The Labute approximate surface area is 380 Å². The van der Waals surface area contributed by atoms with Crippen LogP contribution in [0.3, 0.4) is 0 Å². The fraction of sp³-hybridized carbons (Fsp3) is 0.796. The van der Waals surface area contributed by atoms with Crippen molar-refractivity contribution in [1.82, 2.24) is 4.90 Å². The molecule has 64 heavy (non-hydrogen) atoms. The quantitative estimate of drug-likeness (QED) is 0.125. The second-order valence-electron chi connectivity index (χ2n) is 19.3. The van der Waals surface area contributed by atoms with Crippen molar-refractivity contribution < 1.29 is 68.0 Å². The van der Waals surface area contributed by atoms with Crippen LogP contribution in [0.25, 0.3) is 0 Å². The molecule has 0 radical (unpaired) electrons. The van der Waals surface area contributed by atoms with Gasteiger partial charge in [0.25, 0.3) is 11.7 Å². The predicted molar refractivity (Wildman–Crippen MR) is 239 cm³/mol. The van der Waals surface area contributed by atoms with Gasteiger partial charge in [-0.1, -0.05) is 57.1 Å². The molecule has 2 bridgehead atoms. The summed E-state index contributed by atoms with van der Waals surface area (Å²) in [6, 6.07) is -1.18. The zero-order chi connectivity index (χ0) is 47.5. The van der Waals surface area contributed by atoms with Crippen molar-refractivity contribution >= 4 is 23.4 Å². The van der Waals surface area contributed by atoms with Gasteiger partial charge >= 0.3 is 5.97 Å². The Morgan fingerprint density at radius 2 is 1.61 bits per heavy atom. The number of esters is 1. The molecule has 15 nitrogen and oxygen atoms in total. The Balaban J connectivity index is 1.82. The highest BCUT2D eigenvalue weighted by molar-refractivity contribution is 6.39. The Kier molecular flexibility index (Phi) is 20.4. The average molecular weight is 906 g/mol. The summed E-state index contributed by atoms with van der Waals surface area (Å²) in [4.78, 5) is 58.7. The zero-order valence-electron chi connectivity index (χ0n) is 40.0. The minimum atomic E-state index is -2.54. The van der Waals surface area contributed by atoms with Gasteiger partial charge in [0.1, 0.15) is 29.6 Å². The lowest BCUT2D eigenvalue weighted by Crippen LogP contribution is -2.64. The number of rotatable bonds is 11. The number of hydrogen-bond donors (Lipinski definition) is 4. The molecule has 0 aromatic carbocycles. The highest BCUT2D eigenvalue weighted by Crippen LogP contribution is 2.40.